The van der Waals surface area contributed by atoms with Gasteiger partial charge in [-0.1, -0.05) is 176 Å². The molecule has 9 rings (SSSR count). The van der Waals surface area contributed by atoms with Gasteiger partial charge in [-0.05, 0) is 82.1 Å². The molecule has 0 radical (unpaired) electrons. The smallest absolute Gasteiger partial charge is 0.164 e. The van der Waals surface area contributed by atoms with Crippen LogP contribution in [0.2, 0.25) is 0 Å². The third kappa shape index (κ3) is 6.92. The molecular weight excluding hydrogens is 681 g/mol. The van der Waals surface area contributed by atoms with Crippen molar-refractivity contribution in [2.75, 3.05) is 0 Å². The summed E-state index contributed by atoms with van der Waals surface area (Å²) in [7, 11) is 0. The van der Waals surface area contributed by atoms with Crippen LogP contribution in [-0.2, 0) is 0 Å². The number of aryl methyl sites for hydroxylation is 2. The van der Waals surface area contributed by atoms with Gasteiger partial charge in [0.15, 0.2) is 17.5 Å². The van der Waals surface area contributed by atoms with Crippen LogP contribution in [0.25, 0.3) is 89.8 Å². The highest BCUT2D eigenvalue weighted by Crippen LogP contribution is 2.39. The van der Waals surface area contributed by atoms with Gasteiger partial charge in [-0.25, -0.2) is 15.0 Å². The molecule has 2 aromatic heterocycles. The van der Waals surface area contributed by atoms with Crippen LogP contribution in [0.15, 0.2) is 194 Å². The summed E-state index contributed by atoms with van der Waals surface area (Å²) in [6.45, 7) is 4.08. The van der Waals surface area contributed by atoms with Crippen molar-refractivity contribution in [1.82, 2.24) is 19.9 Å². The summed E-state index contributed by atoms with van der Waals surface area (Å²) in [6.07, 6.45) is 0. The van der Waals surface area contributed by atoms with E-state index in [0.717, 1.165) is 83.7 Å². The fourth-order valence-electron chi connectivity index (χ4n) is 7.46. The van der Waals surface area contributed by atoms with Gasteiger partial charge in [0, 0.05) is 33.6 Å². The minimum absolute atomic E-state index is 0.599. The van der Waals surface area contributed by atoms with Crippen molar-refractivity contribution < 1.29 is 0 Å². The predicted octanol–water partition coefficient (Wildman–Crippen LogP) is 13.2. The number of hydrogen-bond acceptors (Lipinski definition) is 4. The largest absolute Gasteiger partial charge is 0.258 e. The van der Waals surface area contributed by atoms with Crippen LogP contribution in [0.4, 0.5) is 0 Å². The Kier molecular flexibility index (Phi) is 9.36. The number of hydrogen-bond donors (Lipinski definition) is 0. The van der Waals surface area contributed by atoms with E-state index in [0.29, 0.717) is 17.5 Å². The van der Waals surface area contributed by atoms with E-state index in [9.17, 15) is 0 Å². The van der Waals surface area contributed by atoms with Crippen LogP contribution >= 0.6 is 0 Å². The predicted molar refractivity (Wildman–Crippen MR) is 231 cm³/mol. The van der Waals surface area contributed by atoms with Crippen molar-refractivity contribution in [3.8, 4) is 89.8 Å². The number of pyridine rings is 1. The number of rotatable bonds is 8. The van der Waals surface area contributed by atoms with Crippen LogP contribution in [0.5, 0.6) is 0 Å². The molecule has 0 aliphatic carbocycles. The van der Waals surface area contributed by atoms with Crippen molar-refractivity contribution in [2.45, 2.75) is 13.8 Å². The highest BCUT2D eigenvalue weighted by Gasteiger charge is 2.19. The highest BCUT2D eigenvalue weighted by atomic mass is 15.0. The third-order valence-corrected chi connectivity index (χ3v) is 10.2. The van der Waals surface area contributed by atoms with Crippen molar-refractivity contribution in [1.29, 1.82) is 0 Å². The van der Waals surface area contributed by atoms with Gasteiger partial charge >= 0.3 is 0 Å². The molecule has 0 aliphatic heterocycles. The Morgan fingerprint density at radius 3 is 1.07 bits per heavy atom. The minimum Gasteiger partial charge on any atom is -0.258 e. The van der Waals surface area contributed by atoms with Gasteiger partial charge < -0.3 is 0 Å². The lowest BCUT2D eigenvalue weighted by Crippen LogP contribution is -2.02. The molecule has 0 spiro atoms. The number of benzene rings is 7. The maximum absolute atomic E-state index is 5.27. The average molecular weight is 719 g/mol. The van der Waals surface area contributed by atoms with E-state index < -0.39 is 0 Å². The number of nitrogens with zero attached hydrogens (tertiary/aromatic N) is 4. The molecule has 2 heterocycles. The zero-order valence-corrected chi connectivity index (χ0v) is 31.3. The van der Waals surface area contributed by atoms with Crippen molar-refractivity contribution >= 4 is 0 Å². The summed E-state index contributed by atoms with van der Waals surface area (Å²) in [6, 6.07) is 67.7. The quantitative estimate of drug-likeness (QED) is 0.157. The summed E-state index contributed by atoms with van der Waals surface area (Å²) in [5.74, 6) is 1.80. The Morgan fingerprint density at radius 2 is 0.625 bits per heavy atom. The first-order valence-corrected chi connectivity index (χ1v) is 18.9. The second-order valence-electron chi connectivity index (χ2n) is 13.9. The van der Waals surface area contributed by atoms with Crippen LogP contribution < -0.4 is 0 Å². The molecule has 9 aromatic rings. The Bertz CT molecular complexity index is 2650. The molecule has 0 N–H and O–H groups in total. The molecule has 0 amide bonds. The molecule has 0 unspecified atom stereocenters. The first kappa shape index (κ1) is 34.5. The second-order valence-corrected chi connectivity index (χ2v) is 13.9. The van der Waals surface area contributed by atoms with Gasteiger partial charge in [-0.3, -0.25) is 4.98 Å². The van der Waals surface area contributed by atoms with Gasteiger partial charge in [-0.15, -0.1) is 0 Å². The Labute approximate surface area is 327 Å². The lowest BCUT2D eigenvalue weighted by Gasteiger charge is -2.16. The summed E-state index contributed by atoms with van der Waals surface area (Å²) < 4.78 is 0. The molecule has 0 saturated heterocycles. The van der Waals surface area contributed by atoms with Crippen LogP contribution in [0, 0.1) is 13.8 Å². The van der Waals surface area contributed by atoms with E-state index in [1.807, 2.05) is 13.0 Å². The molecule has 266 valence electrons. The SMILES string of the molecule is Cc1ccc(-c2ccccc2-c2nc(-c3ccc(-c4ccccc4)c(-c4ccccc4)c3)nc(-c3ccc(-c4ccccc4)c(-c4ccccc4)c3)n2)c(C)n1. The fraction of sp³-hybridized carbons (Fsp3) is 0.0385. The third-order valence-electron chi connectivity index (χ3n) is 10.2. The summed E-state index contributed by atoms with van der Waals surface area (Å²) in [5.41, 5.74) is 15.8. The zero-order valence-electron chi connectivity index (χ0n) is 31.3. The van der Waals surface area contributed by atoms with Crippen molar-refractivity contribution in [2.24, 2.45) is 0 Å². The molecule has 4 heteroatoms. The molecule has 0 fully saturated rings. The standard InChI is InChI=1S/C52H38N4/c1-35-27-30-43(36(2)53-35)46-25-15-16-26-47(46)52-55-50(41-28-31-44(37-17-7-3-8-18-37)48(33-41)39-21-11-5-12-22-39)54-51(56-52)42-29-32-45(38-19-9-4-10-20-38)49(34-42)40-23-13-6-14-24-40/h3-34H,1-2H3. The van der Waals surface area contributed by atoms with Gasteiger partial charge in [0.2, 0.25) is 0 Å². The van der Waals surface area contributed by atoms with E-state index in [-0.39, 0.29) is 0 Å². The van der Waals surface area contributed by atoms with Gasteiger partial charge in [-0.2, -0.15) is 0 Å². The topological polar surface area (TPSA) is 51.6 Å². The molecule has 0 bridgehead atoms. The normalized spacial score (nSPS) is 11.0. The lowest BCUT2D eigenvalue weighted by molar-refractivity contribution is 1.07. The molecule has 0 atom stereocenters. The van der Waals surface area contributed by atoms with E-state index in [1.165, 1.54) is 0 Å². The first-order valence-electron chi connectivity index (χ1n) is 18.9. The Balaban J connectivity index is 1.28. The molecule has 7 aromatic carbocycles. The molecule has 0 saturated carbocycles. The molecular formula is C52H38N4. The maximum atomic E-state index is 5.27. The second kappa shape index (κ2) is 15.2. The van der Waals surface area contributed by atoms with Crippen molar-refractivity contribution in [3.05, 3.63) is 206 Å². The van der Waals surface area contributed by atoms with Crippen molar-refractivity contribution in [3.63, 3.8) is 0 Å². The van der Waals surface area contributed by atoms with Gasteiger partial charge in [0.25, 0.3) is 0 Å². The van der Waals surface area contributed by atoms with E-state index in [4.69, 9.17) is 19.9 Å². The summed E-state index contributed by atoms with van der Waals surface area (Å²) >= 11 is 0. The van der Waals surface area contributed by atoms with Gasteiger partial charge in [0.1, 0.15) is 0 Å². The number of aromatic nitrogens is 4. The fourth-order valence-corrected chi connectivity index (χ4v) is 7.46. The van der Waals surface area contributed by atoms with E-state index in [1.54, 1.807) is 0 Å². The molecule has 0 aliphatic rings. The van der Waals surface area contributed by atoms with E-state index >= 15 is 0 Å². The van der Waals surface area contributed by atoms with E-state index in [2.05, 4.69) is 195 Å². The van der Waals surface area contributed by atoms with Crippen LogP contribution in [0.3, 0.4) is 0 Å². The minimum atomic E-state index is 0.599. The van der Waals surface area contributed by atoms with Crippen LogP contribution in [0.1, 0.15) is 11.4 Å². The highest BCUT2D eigenvalue weighted by molar-refractivity contribution is 5.89. The van der Waals surface area contributed by atoms with Crippen LogP contribution in [-0.4, -0.2) is 19.9 Å². The first-order chi connectivity index (χ1) is 27.6. The molecule has 56 heavy (non-hydrogen) atoms. The lowest BCUT2D eigenvalue weighted by atomic mass is 9.92. The zero-order chi connectivity index (χ0) is 37.8. The molecule has 4 nitrogen and oxygen atoms in total. The maximum Gasteiger partial charge on any atom is 0.164 e. The average Bonchev–Trinajstić information content (AvgIpc) is 3.27. The van der Waals surface area contributed by atoms with Gasteiger partial charge in [0.05, 0.1) is 0 Å². The Hall–Kier alpha value is -7.30. The monoisotopic (exact) mass is 718 g/mol. The Morgan fingerprint density at radius 1 is 0.250 bits per heavy atom. The summed E-state index contributed by atoms with van der Waals surface area (Å²) in [5, 5.41) is 0. The summed E-state index contributed by atoms with van der Waals surface area (Å²) in [4.78, 5) is 20.6.